The molecule has 0 unspecified atom stereocenters. The minimum Gasteiger partial charge on any atom is -0.455 e. The minimum atomic E-state index is -0.228. The van der Waals surface area contributed by atoms with E-state index in [0.717, 1.165) is 12.8 Å². The Labute approximate surface area is 161 Å². The monoisotopic (exact) mass is 392 g/mol. The van der Waals surface area contributed by atoms with Crippen LogP contribution in [0.25, 0.3) is 0 Å². The van der Waals surface area contributed by atoms with Crippen LogP contribution in [-0.4, -0.2) is 64.6 Å². The molecule has 1 aliphatic heterocycles. The highest BCUT2D eigenvalue weighted by molar-refractivity contribution is 7.98. The number of H-pyrrole nitrogens is 1. The van der Waals surface area contributed by atoms with E-state index in [4.69, 9.17) is 4.42 Å². The van der Waals surface area contributed by atoms with Crippen molar-refractivity contribution < 1.29 is 14.0 Å². The summed E-state index contributed by atoms with van der Waals surface area (Å²) in [5.74, 6) is 1.38. The quantitative estimate of drug-likeness (QED) is 0.574. The van der Waals surface area contributed by atoms with Crippen LogP contribution >= 0.6 is 11.8 Å². The number of likely N-dealkylation sites (tertiary alicyclic amines) is 1. The molecule has 2 amide bonds. The van der Waals surface area contributed by atoms with Crippen LogP contribution in [0.5, 0.6) is 0 Å². The first-order valence-electron chi connectivity index (χ1n) is 8.84. The summed E-state index contributed by atoms with van der Waals surface area (Å²) in [5, 5.41) is 12.8. The maximum absolute atomic E-state index is 12.3. The first-order valence-corrected chi connectivity index (χ1v) is 9.83. The van der Waals surface area contributed by atoms with Crippen molar-refractivity contribution in [1.29, 1.82) is 0 Å². The van der Waals surface area contributed by atoms with E-state index in [-0.39, 0.29) is 23.9 Å². The highest BCUT2D eigenvalue weighted by Gasteiger charge is 2.31. The third-order valence-corrected chi connectivity index (χ3v) is 5.71. The van der Waals surface area contributed by atoms with Crippen LogP contribution in [0.15, 0.2) is 28.0 Å². The van der Waals surface area contributed by atoms with Gasteiger partial charge in [-0.15, -0.1) is 0 Å². The van der Waals surface area contributed by atoms with Crippen molar-refractivity contribution in [3.05, 3.63) is 30.0 Å². The third-order valence-electron chi connectivity index (χ3n) is 4.81. The number of amides is 2. The fourth-order valence-corrected chi connectivity index (χ4v) is 3.85. The van der Waals surface area contributed by atoms with Gasteiger partial charge in [-0.2, -0.15) is 5.10 Å². The number of aromatic amines is 1. The molecule has 27 heavy (non-hydrogen) atoms. The van der Waals surface area contributed by atoms with E-state index in [0.29, 0.717) is 35.4 Å². The fourth-order valence-electron chi connectivity index (χ4n) is 3.18. The number of aromatic nitrogens is 3. The number of hydrogen-bond donors (Lipinski definition) is 3. The summed E-state index contributed by atoms with van der Waals surface area (Å²) in [6, 6.07) is 3.91. The molecule has 2 aromatic heterocycles. The lowest BCUT2D eigenvalue weighted by atomic mass is 10.1. The lowest BCUT2D eigenvalue weighted by molar-refractivity contribution is -0.121. The molecule has 9 nitrogen and oxygen atoms in total. The second kappa shape index (κ2) is 9.05. The molecule has 0 aromatic carbocycles. The molecule has 3 rings (SSSR count). The topological polar surface area (TPSA) is 116 Å². The van der Waals surface area contributed by atoms with Gasteiger partial charge < -0.3 is 15.1 Å². The van der Waals surface area contributed by atoms with E-state index in [1.165, 1.54) is 18.1 Å². The van der Waals surface area contributed by atoms with Gasteiger partial charge in [0.05, 0.1) is 5.75 Å². The molecule has 1 aliphatic rings. The third kappa shape index (κ3) is 5.10. The summed E-state index contributed by atoms with van der Waals surface area (Å²) in [6.07, 6.45) is 3.84. The molecule has 146 valence electrons. The van der Waals surface area contributed by atoms with Crippen LogP contribution in [0, 0.1) is 0 Å². The van der Waals surface area contributed by atoms with Crippen molar-refractivity contribution in [3.8, 4) is 0 Å². The van der Waals surface area contributed by atoms with Crippen molar-refractivity contribution in [1.82, 2.24) is 30.7 Å². The Morgan fingerprint density at radius 2 is 2.19 bits per heavy atom. The van der Waals surface area contributed by atoms with Crippen LogP contribution in [-0.2, 0) is 10.5 Å². The molecule has 3 N–H and O–H groups in total. The van der Waals surface area contributed by atoms with Crippen LogP contribution in [0.2, 0.25) is 0 Å². The second-order valence-corrected chi connectivity index (χ2v) is 7.45. The van der Waals surface area contributed by atoms with Gasteiger partial charge in [0.2, 0.25) is 5.91 Å². The average Bonchev–Trinajstić information content (AvgIpc) is 3.41. The van der Waals surface area contributed by atoms with Crippen molar-refractivity contribution >= 4 is 23.6 Å². The highest BCUT2D eigenvalue weighted by Crippen LogP contribution is 2.24. The van der Waals surface area contributed by atoms with Gasteiger partial charge >= 0.3 is 0 Å². The number of nitrogens with zero attached hydrogens (tertiary/aromatic N) is 3. The van der Waals surface area contributed by atoms with E-state index in [1.54, 1.807) is 19.2 Å². The van der Waals surface area contributed by atoms with Crippen LogP contribution in [0.3, 0.4) is 0 Å². The zero-order valence-electron chi connectivity index (χ0n) is 15.4. The minimum absolute atomic E-state index is 0.0443. The van der Waals surface area contributed by atoms with Gasteiger partial charge in [-0.25, -0.2) is 4.98 Å². The number of carbonyl (C=O) groups is 2. The van der Waals surface area contributed by atoms with E-state index in [2.05, 4.69) is 30.7 Å². The number of nitrogens with one attached hydrogen (secondary N) is 3. The normalized spacial score (nSPS) is 19.9. The standard InChI is InChI=1S/C17H24N6O3S/c1-18-15(24)7-11-3-4-12(23(11)2)8-19-16(25)14-6-5-13(26-14)9-27-17-20-10-21-22-17/h5-6,10-12H,3-4,7-9H2,1-2H3,(H,18,24)(H,19,25)(H,20,21,22)/t11-,12+/m1/s1. The predicted molar refractivity (Wildman–Crippen MR) is 100 cm³/mol. The Morgan fingerprint density at radius 3 is 2.93 bits per heavy atom. The van der Waals surface area contributed by atoms with E-state index < -0.39 is 0 Å². The number of carbonyl (C=O) groups excluding carboxylic acids is 2. The first-order chi connectivity index (χ1) is 13.1. The molecule has 0 aliphatic carbocycles. The molecule has 0 spiro atoms. The molecule has 0 saturated carbocycles. The molecular formula is C17H24N6O3S. The molecular weight excluding hydrogens is 368 g/mol. The molecule has 3 heterocycles. The van der Waals surface area contributed by atoms with Crippen molar-refractivity contribution in [2.24, 2.45) is 0 Å². The maximum atomic E-state index is 12.3. The first kappa shape index (κ1) is 19.4. The Kier molecular flexibility index (Phi) is 6.51. The zero-order valence-corrected chi connectivity index (χ0v) is 16.2. The van der Waals surface area contributed by atoms with Crippen LogP contribution in [0.1, 0.15) is 35.6 Å². The zero-order chi connectivity index (χ0) is 19.2. The summed E-state index contributed by atoms with van der Waals surface area (Å²) >= 11 is 1.45. The van der Waals surface area contributed by atoms with Crippen LogP contribution < -0.4 is 10.6 Å². The number of furan rings is 1. The summed E-state index contributed by atoms with van der Waals surface area (Å²) in [6.45, 7) is 0.530. The van der Waals surface area contributed by atoms with Gasteiger partial charge in [0, 0.05) is 32.1 Å². The lowest BCUT2D eigenvalue weighted by Gasteiger charge is -2.25. The van der Waals surface area contributed by atoms with Crippen molar-refractivity contribution in [3.63, 3.8) is 0 Å². The molecule has 0 bridgehead atoms. The highest BCUT2D eigenvalue weighted by atomic mass is 32.2. The van der Waals surface area contributed by atoms with Gasteiger partial charge in [0.25, 0.3) is 5.91 Å². The van der Waals surface area contributed by atoms with Crippen LogP contribution in [0.4, 0.5) is 0 Å². The molecule has 1 saturated heterocycles. The van der Waals surface area contributed by atoms with E-state index >= 15 is 0 Å². The maximum Gasteiger partial charge on any atom is 0.287 e. The number of likely N-dealkylation sites (N-methyl/N-ethyl adjacent to an activating group) is 1. The Morgan fingerprint density at radius 1 is 1.37 bits per heavy atom. The van der Waals surface area contributed by atoms with Gasteiger partial charge in [0.15, 0.2) is 10.9 Å². The Bertz CT molecular complexity index is 763. The lowest BCUT2D eigenvalue weighted by Crippen LogP contribution is -2.42. The summed E-state index contributed by atoms with van der Waals surface area (Å²) in [5.41, 5.74) is 0. The van der Waals surface area contributed by atoms with E-state index in [1.807, 2.05) is 7.05 Å². The average molecular weight is 392 g/mol. The number of thioether (sulfide) groups is 1. The summed E-state index contributed by atoms with van der Waals surface area (Å²) in [7, 11) is 3.65. The van der Waals surface area contributed by atoms with Gasteiger partial charge in [0.1, 0.15) is 12.1 Å². The van der Waals surface area contributed by atoms with Gasteiger partial charge in [-0.3, -0.25) is 19.6 Å². The van der Waals surface area contributed by atoms with Crippen molar-refractivity contribution in [2.45, 2.75) is 42.3 Å². The summed E-state index contributed by atoms with van der Waals surface area (Å²) in [4.78, 5) is 30.1. The molecule has 0 radical (unpaired) electrons. The Balaban J connectivity index is 1.45. The molecule has 1 fully saturated rings. The SMILES string of the molecule is CNC(=O)C[C@H]1CC[C@@H](CNC(=O)c2ccc(CSc3ncn[nH]3)o2)N1C. The molecule has 10 heteroatoms. The smallest absolute Gasteiger partial charge is 0.287 e. The number of rotatable bonds is 8. The fraction of sp³-hybridized carbons (Fsp3) is 0.529. The largest absolute Gasteiger partial charge is 0.455 e. The van der Waals surface area contributed by atoms with E-state index in [9.17, 15) is 9.59 Å². The van der Waals surface area contributed by atoms with Crippen molar-refractivity contribution in [2.75, 3.05) is 20.6 Å². The predicted octanol–water partition coefficient (Wildman–Crippen LogP) is 1.02. The Hall–Kier alpha value is -2.33. The number of hydrogen-bond acceptors (Lipinski definition) is 7. The summed E-state index contributed by atoms with van der Waals surface area (Å²) < 4.78 is 5.61. The van der Waals surface area contributed by atoms with Gasteiger partial charge in [-0.1, -0.05) is 11.8 Å². The second-order valence-electron chi connectivity index (χ2n) is 6.48. The van der Waals surface area contributed by atoms with Gasteiger partial charge in [-0.05, 0) is 32.0 Å². The molecule has 2 atom stereocenters. The molecule has 2 aromatic rings.